The minimum Gasteiger partial charge on any atom is -0.313 e. The second-order valence-corrected chi connectivity index (χ2v) is 9.66. The molecule has 0 amide bonds. The summed E-state index contributed by atoms with van der Waals surface area (Å²) < 4.78 is 2.38. The Morgan fingerprint density at radius 3 is 1.92 bits per heavy atom. The fourth-order valence-electron chi connectivity index (χ4n) is 5.53. The van der Waals surface area contributed by atoms with Gasteiger partial charge in [0.25, 0.3) is 0 Å². The molecule has 4 aromatic carbocycles. The highest BCUT2D eigenvalue weighted by Crippen LogP contribution is 2.35. The molecule has 0 aliphatic heterocycles. The van der Waals surface area contributed by atoms with Crippen molar-refractivity contribution in [3.8, 4) is 45.7 Å². The van der Waals surface area contributed by atoms with Gasteiger partial charge in [-0.15, -0.1) is 0 Å². The summed E-state index contributed by atoms with van der Waals surface area (Å²) in [6.07, 6.45) is 6.58. The Bertz CT molecular complexity index is 1830. The lowest BCUT2D eigenvalue weighted by molar-refractivity contribution is 0.888. The Morgan fingerprint density at radius 2 is 1.28 bits per heavy atom. The smallest absolute Gasteiger partial charge is 0.160 e. The lowest BCUT2D eigenvalue weighted by Crippen LogP contribution is -2.03. The number of hydrogen-bond donors (Lipinski definition) is 0. The van der Waals surface area contributed by atoms with E-state index in [1.165, 1.54) is 22.2 Å². The van der Waals surface area contributed by atoms with E-state index >= 15 is 0 Å². The quantitative estimate of drug-likeness (QED) is 0.245. The third kappa shape index (κ3) is 3.93. The molecule has 0 radical (unpaired) electrons. The van der Waals surface area contributed by atoms with E-state index in [1.807, 2.05) is 60.7 Å². The number of hydrogen-bond acceptors (Lipinski definition) is 3. The van der Waals surface area contributed by atoms with Crippen molar-refractivity contribution >= 4 is 17.0 Å². The third-order valence-corrected chi connectivity index (χ3v) is 7.35. The van der Waals surface area contributed by atoms with Crippen LogP contribution in [0.3, 0.4) is 0 Å². The second-order valence-electron chi connectivity index (χ2n) is 9.66. The zero-order chi connectivity index (χ0) is 26.2. The van der Waals surface area contributed by atoms with Gasteiger partial charge in [0.2, 0.25) is 0 Å². The molecule has 0 saturated carbocycles. The molecule has 6 aromatic rings. The van der Waals surface area contributed by atoms with E-state index < -0.39 is 0 Å². The summed E-state index contributed by atoms with van der Waals surface area (Å²) in [5, 5.41) is 11.5. The van der Waals surface area contributed by atoms with E-state index in [9.17, 15) is 5.26 Å². The number of benzene rings is 4. The Hall–Kier alpha value is -5.27. The molecule has 2 heterocycles. The van der Waals surface area contributed by atoms with Gasteiger partial charge >= 0.3 is 0 Å². The first-order chi connectivity index (χ1) is 19.3. The van der Waals surface area contributed by atoms with Crippen LogP contribution >= 0.6 is 0 Å². The molecule has 0 saturated heterocycles. The number of rotatable bonds is 4. The number of allylic oxidation sites excluding steroid dienone is 1. The highest BCUT2D eigenvalue weighted by Gasteiger charge is 2.20. The number of nitriles is 1. The van der Waals surface area contributed by atoms with Crippen LogP contribution in [0.25, 0.3) is 56.6 Å². The van der Waals surface area contributed by atoms with Crippen molar-refractivity contribution in [1.82, 2.24) is 14.5 Å². The van der Waals surface area contributed by atoms with Crippen LogP contribution in [0.4, 0.5) is 0 Å². The molecule has 0 spiro atoms. The van der Waals surface area contributed by atoms with E-state index in [0.29, 0.717) is 22.8 Å². The van der Waals surface area contributed by atoms with Crippen molar-refractivity contribution in [2.75, 3.05) is 0 Å². The molecule has 0 fully saturated rings. The summed E-state index contributed by atoms with van der Waals surface area (Å²) in [6, 6.07) is 39.2. The lowest BCUT2D eigenvalue weighted by Gasteiger charge is -2.15. The molecule has 39 heavy (non-hydrogen) atoms. The monoisotopic (exact) mass is 500 g/mol. The van der Waals surface area contributed by atoms with E-state index in [4.69, 9.17) is 9.97 Å². The number of fused-ring (bicyclic) bond motifs is 3. The molecule has 1 aliphatic carbocycles. The number of nitrogens with zero attached hydrogens (tertiary/aromatic N) is 4. The maximum absolute atomic E-state index is 10.2. The standard InChI is InChI=1S/C35H24N4/c36-23-30-33(24-11-3-1-4-12-24)37-35(38-34(30)25-13-5-2-6-14-25)26-19-21-27(22-20-26)39-31-17-9-7-15-28(31)29-16-8-10-18-32(29)39/h1-9,11-17,19-22H,10,18H2. The topological polar surface area (TPSA) is 54.5 Å². The van der Waals surface area contributed by atoms with Crippen LogP contribution in [-0.2, 0) is 6.42 Å². The summed E-state index contributed by atoms with van der Waals surface area (Å²) >= 11 is 0. The lowest BCUT2D eigenvalue weighted by atomic mass is 10.00. The molecule has 1 aliphatic rings. The van der Waals surface area contributed by atoms with Crippen LogP contribution in [-0.4, -0.2) is 14.5 Å². The van der Waals surface area contributed by atoms with Crippen LogP contribution in [0, 0.1) is 11.3 Å². The molecular weight excluding hydrogens is 476 g/mol. The van der Waals surface area contributed by atoms with Gasteiger partial charge in [-0.3, -0.25) is 0 Å². The van der Waals surface area contributed by atoms with Crippen molar-refractivity contribution in [3.63, 3.8) is 0 Å². The Kier molecular flexibility index (Phi) is 5.61. The van der Waals surface area contributed by atoms with Crippen molar-refractivity contribution < 1.29 is 0 Å². The Morgan fingerprint density at radius 1 is 0.667 bits per heavy atom. The van der Waals surface area contributed by atoms with Gasteiger partial charge < -0.3 is 4.57 Å². The fraction of sp³-hybridized carbons (Fsp3) is 0.0571. The van der Waals surface area contributed by atoms with E-state index in [-0.39, 0.29) is 0 Å². The molecule has 4 nitrogen and oxygen atoms in total. The van der Waals surface area contributed by atoms with Crippen LogP contribution < -0.4 is 0 Å². The summed E-state index contributed by atoms with van der Waals surface area (Å²) in [5.41, 5.74) is 9.45. The SMILES string of the molecule is N#Cc1c(-c2ccccc2)nc(-c2ccc(-n3c4c(c5ccccc53)C=CCC4)cc2)nc1-c1ccccc1. The van der Waals surface area contributed by atoms with E-state index in [1.54, 1.807) is 0 Å². The minimum absolute atomic E-state index is 0.478. The van der Waals surface area contributed by atoms with Gasteiger partial charge in [-0.05, 0) is 43.2 Å². The predicted octanol–water partition coefficient (Wildman–Crippen LogP) is 8.25. The zero-order valence-electron chi connectivity index (χ0n) is 21.3. The third-order valence-electron chi connectivity index (χ3n) is 7.35. The van der Waals surface area contributed by atoms with E-state index in [0.717, 1.165) is 35.2 Å². The van der Waals surface area contributed by atoms with Crippen LogP contribution in [0.2, 0.25) is 0 Å². The molecule has 0 N–H and O–H groups in total. The maximum Gasteiger partial charge on any atom is 0.160 e. The normalized spacial score (nSPS) is 12.3. The number of aromatic nitrogens is 3. The molecule has 0 bridgehead atoms. The van der Waals surface area contributed by atoms with Crippen LogP contribution in [0.1, 0.15) is 23.2 Å². The predicted molar refractivity (Wildman–Crippen MR) is 157 cm³/mol. The highest BCUT2D eigenvalue weighted by atomic mass is 15.0. The van der Waals surface area contributed by atoms with Gasteiger partial charge in [-0.25, -0.2) is 9.97 Å². The Balaban J connectivity index is 1.39. The summed E-state index contributed by atoms with van der Waals surface area (Å²) in [6.45, 7) is 0. The van der Waals surface area contributed by atoms with Crippen LogP contribution in [0.5, 0.6) is 0 Å². The summed E-state index contributed by atoms with van der Waals surface area (Å²) in [5.74, 6) is 0.598. The molecule has 2 aromatic heterocycles. The zero-order valence-corrected chi connectivity index (χ0v) is 21.3. The largest absolute Gasteiger partial charge is 0.313 e. The van der Waals surface area contributed by atoms with Crippen molar-refractivity contribution in [3.05, 3.63) is 132 Å². The van der Waals surface area contributed by atoms with Gasteiger partial charge in [0, 0.05) is 39.0 Å². The molecule has 0 unspecified atom stereocenters. The van der Waals surface area contributed by atoms with Gasteiger partial charge in [-0.2, -0.15) is 5.26 Å². The first kappa shape index (κ1) is 22.9. The van der Waals surface area contributed by atoms with Gasteiger partial charge in [-0.1, -0.05) is 91.0 Å². The average Bonchev–Trinajstić information content (AvgIpc) is 3.36. The van der Waals surface area contributed by atoms with Crippen LogP contribution in [0.15, 0.2) is 115 Å². The van der Waals surface area contributed by atoms with Gasteiger partial charge in [0.05, 0.1) is 16.9 Å². The molecule has 7 rings (SSSR count). The minimum atomic E-state index is 0.478. The maximum atomic E-state index is 10.2. The first-order valence-electron chi connectivity index (χ1n) is 13.1. The average molecular weight is 501 g/mol. The Labute approximate surface area is 227 Å². The van der Waals surface area contributed by atoms with Gasteiger partial charge in [0.15, 0.2) is 5.82 Å². The van der Waals surface area contributed by atoms with Crippen molar-refractivity contribution in [2.45, 2.75) is 12.8 Å². The first-order valence-corrected chi connectivity index (χ1v) is 13.1. The summed E-state index contributed by atoms with van der Waals surface area (Å²) in [7, 11) is 0. The summed E-state index contributed by atoms with van der Waals surface area (Å²) in [4.78, 5) is 9.87. The molecule has 184 valence electrons. The fourth-order valence-corrected chi connectivity index (χ4v) is 5.53. The van der Waals surface area contributed by atoms with Crippen molar-refractivity contribution in [1.29, 1.82) is 5.26 Å². The number of para-hydroxylation sites is 1. The van der Waals surface area contributed by atoms with E-state index in [2.05, 4.69) is 71.3 Å². The van der Waals surface area contributed by atoms with Crippen molar-refractivity contribution in [2.24, 2.45) is 0 Å². The highest BCUT2D eigenvalue weighted by molar-refractivity contribution is 5.93. The molecular formula is C35H24N4. The molecule has 0 atom stereocenters. The van der Waals surface area contributed by atoms with Gasteiger partial charge in [0.1, 0.15) is 11.6 Å². The molecule has 4 heteroatoms. The second kappa shape index (κ2) is 9.55.